The molecule has 0 saturated heterocycles. The molecule has 20 heavy (non-hydrogen) atoms. The van der Waals surface area contributed by atoms with E-state index in [-0.39, 0.29) is 12.5 Å². The van der Waals surface area contributed by atoms with Crippen LogP contribution in [0.2, 0.25) is 0 Å². The van der Waals surface area contributed by atoms with Crippen LogP contribution in [0.4, 0.5) is 5.69 Å². The van der Waals surface area contributed by atoms with E-state index in [2.05, 4.69) is 33.2 Å². The molecule has 2 aromatic rings. The first kappa shape index (κ1) is 13.2. The maximum Gasteiger partial charge on any atom is 0.241 e. The molecule has 0 bridgehead atoms. The van der Waals surface area contributed by atoms with E-state index in [0.717, 1.165) is 11.6 Å². The Morgan fingerprint density at radius 1 is 1.60 bits per heavy atom. The normalized spacial score (nSPS) is 15.8. The van der Waals surface area contributed by atoms with E-state index < -0.39 is 0 Å². The van der Waals surface area contributed by atoms with Crippen molar-refractivity contribution in [2.45, 2.75) is 25.4 Å². The number of carbonyl (C=O) groups is 1. The number of rotatable bonds is 6. The largest absolute Gasteiger partial charge is 0.375 e. The van der Waals surface area contributed by atoms with E-state index in [1.807, 2.05) is 6.20 Å². The summed E-state index contributed by atoms with van der Waals surface area (Å²) in [5.41, 5.74) is 0.971. The van der Waals surface area contributed by atoms with Gasteiger partial charge in [0, 0.05) is 18.1 Å². The van der Waals surface area contributed by atoms with Gasteiger partial charge in [-0.15, -0.1) is 11.3 Å². The van der Waals surface area contributed by atoms with Crippen LogP contribution in [-0.2, 0) is 11.3 Å². The lowest BCUT2D eigenvalue weighted by molar-refractivity contribution is -0.121. The number of nitrogens with one attached hydrogen (secondary N) is 2. The van der Waals surface area contributed by atoms with Crippen LogP contribution in [0.15, 0.2) is 29.9 Å². The van der Waals surface area contributed by atoms with Crippen LogP contribution < -0.4 is 10.6 Å². The lowest BCUT2D eigenvalue weighted by Crippen LogP contribution is -2.23. The van der Waals surface area contributed by atoms with Gasteiger partial charge >= 0.3 is 0 Å². The molecule has 6 heteroatoms. The Kier molecular flexibility index (Phi) is 3.73. The molecular weight excluding hydrogens is 272 g/mol. The molecule has 0 aliphatic heterocycles. The van der Waals surface area contributed by atoms with Crippen molar-refractivity contribution >= 4 is 22.9 Å². The molecule has 1 amide bonds. The molecule has 1 atom stereocenters. The smallest absolute Gasteiger partial charge is 0.241 e. The Bertz CT molecular complexity index is 574. The number of amides is 1. The van der Waals surface area contributed by atoms with Crippen LogP contribution in [-0.4, -0.2) is 22.7 Å². The standard InChI is InChI=1S/C14H18N4OS/c1-15-13(19)9-18-8-11(7-16-18)17-14(10-4-5-10)12-3-2-6-20-12/h2-3,6-8,10,14,17H,4-5,9H2,1H3,(H,15,19). The summed E-state index contributed by atoms with van der Waals surface area (Å²) < 4.78 is 1.65. The van der Waals surface area contributed by atoms with Crippen molar-refractivity contribution in [3.05, 3.63) is 34.8 Å². The molecule has 1 aliphatic rings. The lowest BCUT2D eigenvalue weighted by atomic mass is 10.1. The van der Waals surface area contributed by atoms with Crippen molar-refractivity contribution < 1.29 is 4.79 Å². The van der Waals surface area contributed by atoms with Crippen molar-refractivity contribution in [1.29, 1.82) is 0 Å². The number of hydrogen-bond acceptors (Lipinski definition) is 4. The molecule has 2 N–H and O–H groups in total. The van der Waals surface area contributed by atoms with Gasteiger partial charge in [-0.25, -0.2) is 0 Å². The van der Waals surface area contributed by atoms with Gasteiger partial charge < -0.3 is 10.6 Å². The third kappa shape index (κ3) is 3.01. The molecule has 0 spiro atoms. The zero-order chi connectivity index (χ0) is 13.9. The van der Waals surface area contributed by atoms with E-state index in [4.69, 9.17) is 0 Å². The second-order valence-electron chi connectivity index (χ2n) is 5.07. The molecule has 1 unspecified atom stereocenters. The van der Waals surface area contributed by atoms with Gasteiger partial charge in [-0.3, -0.25) is 9.48 Å². The van der Waals surface area contributed by atoms with Gasteiger partial charge in [-0.2, -0.15) is 5.10 Å². The molecule has 5 nitrogen and oxygen atoms in total. The minimum absolute atomic E-state index is 0.0448. The molecule has 2 heterocycles. The Morgan fingerprint density at radius 2 is 2.45 bits per heavy atom. The quantitative estimate of drug-likeness (QED) is 0.858. The molecule has 2 aromatic heterocycles. The van der Waals surface area contributed by atoms with Crippen LogP contribution in [0.3, 0.4) is 0 Å². The molecule has 106 valence electrons. The molecule has 1 fully saturated rings. The lowest BCUT2D eigenvalue weighted by Gasteiger charge is -2.16. The fourth-order valence-corrected chi connectivity index (χ4v) is 3.12. The number of carbonyl (C=O) groups excluding carboxylic acids is 1. The van der Waals surface area contributed by atoms with Crippen LogP contribution >= 0.6 is 11.3 Å². The zero-order valence-electron chi connectivity index (χ0n) is 11.4. The monoisotopic (exact) mass is 290 g/mol. The van der Waals surface area contributed by atoms with Gasteiger partial charge in [0.15, 0.2) is 0 Å². The summed E-state index contributed by atoms with van der Waals surface area (Å²) in [7, 11) is 1.63. The van der Waals surface area contributed by atoms with Gasteiger partial charge in [-0.1, -0.05) is 6.07 Å². The summed E-state index contributed by atoms with van der Waals surface area (Å²) in [5, 5.41) is 12.5. The Balaban J connectivity index is 1.68. The van der Waals surface area contributed by atoms with E-state index in [1.54, 1.807) is 29.3 Å². The van der Waals surface area contributed by atoms with Gasteiger partial charge in [0.05, 0.1) is 17.9 Å². The number of likely N-dealkylation sites (N-methyl/N-ethyl adjacent to an activating group) is 1. The maximum absolute atomic E-state index is 11.3. The van der Waals surface area contributed by atoms with Gasteiger partial charge in [0.1, 0.15) is 6.54 Å². The topological polar surface area (TPSA) is 59.0 Å². The minimum Gasteiger partial charge on any atom is -0.375 e. The molecule has 1 aliphatic carbocycles. The summed E-state index contributed by atoms with van der Waals surface area (Å²) in [6.45, 7) is 0.255. The summed E-state index contributed by atoms with van der Waals surface area (Å²) in [6, 6.07) is 4.63. The Hall–Kier alpha value is -1.82. The van der Waals surface area contributed by atoms with E-state index in [9.17, 15) is 4.79 Å². The first-order valence-corrected chi connectivity index (χ1v) is 7.67. The van der Waals surface area contributed by atoms with E-state index in [0.29, 0.717) is 6.04 Å². The highest BCUT2D eigenvalue weighted by Gasteiger charge is 2.33. The summed E-state index contributed by atoms with van der Waals surface area (Å²) in [4.78, 5) is 12.7. The van der Waals surface area contributed by atoms with Gasteiger partial charge in [0.25, 0.3) is 0 Å². The third-order valence-corrected chi connectivity index (χ3v) is 4.44. The Morgan fingerprint density at radius 3 is 3.10 bits per heavy atom. The van der Waals surface area contributed by atoms with Crippen molar-refractivity contribution in [2.24, 2.45) is 5.92 Å². The number of thiophene rings is 1. The molecule has 0 radical (unpaired) electrons. The molecule has 3 rings (SSSR count). The number of hydrogen-bond donors (Lipinski definition) is 2. The number of anilines is 1. The first-order chi connectivity index (χ1) is 9.76. The van der Waals surface area contributed by atoms with Crippen LogP contribution in [0.1, 0.15) is 23.8 Å². The highest BCUT2D eigenvalue weighted by atomic mass is 32.1. The molecular formula is C14H18N4OS. The molecule has 0 aromatic carbocycles. The fourth-order valence-electron chi connectivity index (χ4n) is 2.25. The number of nitrogens with zero attached hydrogens (tertiary/aromatic N) is 2. The fraction of sp³-hybridized carbons (Fsp3) is 0.429. The van der Waals surface area contributed by atoms with Crippen LogP contribution in [0.25, 0.3) is 0 Å². The van der Waals surface area contributed by atoms with E-state index >= 15 is 0 Å². The predicted molar refractivity (Wildman–Crippen MR) is 79.7 cm³/mol. The SMILES string of the molecule is CNC(=O)Cn1cc(NC(c2cccs2)C2CC2)cn1. The van der Waals surface area contributed by atoms with Crippen LogP contribution in [0, 0.1) is 5.92 Å². The van der Waals surface area contributed by atoms with Crippen molar-refractivity contribution in [3.63, 3.8) is 0 Å². The summed E-state index contributed by atoms with van der Waals surface area (Å²) in [6.07, 6.45) is 6.23. The summed E-state index contributed by atoms with van der Waals surface area (Å²) in [5.74, 6) is 0.674. The predicted octanol–water partition coefficient (Wildman–Crippen LogP) is 2.25. The third-order valence-electron chi connectivity index (χ3n) is 3.48. The van der Waals surface area contributed by atoms with Crippen LogP contribution in [0.5, 0.6) is 0 Å². The van der Waals surface area contributed by atoms with Gasteiger partial charge in [0.2, 0.25) is 5.91 Å². The average Bonchev–Trinajstić information content (AvgIpc) is 2.97. The zero-order valence-corrected chi connectivity index (χ0v) is 12.2. The highest BCUT2D eigenvalue weighted by Crippen LogP contribution is 2.44. The Labute approximate surface area is 122 Å². The minimum atomic E-state index is -0.0448. The summed E-state index contributed by atoms with van der Waals surface area (Å²) >= 11 is 1.79. The first-order valence-electron chi connectivity index (χ1n) is 6.79. The number of aromatic nitrogens is 2. The van der Waals surface area contributed by atoms with Crippen molar-refractivity contribution in [1.82, 2.24) is 15.1 Å². The van der Waals surface area contributed by atoms with Gasteiger partial charge in [-0.05, 0) is 30.2 Å². The van der Waals surface area contributed by atoms with Crippen molar-refractivity contribution in [3.8, 4) is 0 Å². The maximum atomic E-state index is 11.3. The second kappa shape index (κ2) is 5.66. The highest BCUT2D eigenvalue weighted by molar-refractivity contribution is 7.10. The average molecular weight is 290 g/mol. The van der Waals surface area contributed by atoms with Crippen molar-refractivity contribution in [2.75, 3.05) is 12.4 Å². The van der Waals surface area contributed by atoms with E-state index in [1.165, 1.54) is 17.7 Å². The second-order valence-corrected chi connectivity index (χ2v) is 6.05. The molecule has 1 saturated carbocycles.